The molecular weight excluding hydrogens is 372 g/mol. The first-order chi connectivity index (χ1) is 11.4. The third-order valence-corrected chi connectivity index (χ3v) is 4.39. The van der Waals surface area contributed by atoms with Crippen LogP contribution in [0.3, 0.4) is 0 Å². The lowest BCUT2D eigenvalue weighted by molar-refractivity contribution is -0.133. The van der Waals surface area contributed by atoms with Crippen LogP contribution in [0.1, 0.15) is 11.1 Å². The zero-order chi connectivity index (χ0) is 17.3. The van der Waals surface area contributed by atoms with Crippen LogP contribution in [0.2, 0.25) is 0 Å². The maximum atomic E-state index is 12.4. The van der Waals surface area contributed by atoms with Crippen molar-refractivity contribution in [2.24, 2.45) is 0 Å². The highest BCUT2D eigenvalue weighted by Gasteiger charge is 2.25. The molecule has 0 saturated heterocycles. The van der Waals surface area contributed by atoms with Crippen LogP contribution in [0, 0.1) is 13.8 Å². The number of nitrogens with zero attached hydrogens (tertiary/aromatic N) is 1. The van der Waals surface area contributed by atoms with E-state index in [9.17, 15) is 9.59 Å². The Hall–Kier alpha value is -2.34. The maximum absolute atomic E-state index is 12.4. The van der Waals surface area contributed by atoms with E-state index in [4.69, 9.17) is 4.74 Å². The average Bonchev–Trinajstić information content (AvgIpc) is 2.51. The van der Waals surface area contributed by atoms with Crippen LogP contribution >= 0.6 is 15.9 Å². The molecule has 0 aliphatic carbocycles. The highest BCUT2D eigenvalue weighted by atomic mass is 79.9. The number of ether oxygens (including phenoxy) is 1. The number of hydrogen-bond donors (Lipinski definition) is 1. The number of esters is 1. The largest absolute Gasteiger partial charge is 0.423 e. The Labute approximate surface area is 148 Å². The summed E-state index contributed by atoms with van der Waals surface area (Å²) < 4.78 is 6.05. The molecule has 0 bridgehead atoms. The summed E-state index contributed by atoms with van der Waals surface area (Å²) >= 11 is 3.44. The Kier molecular flexibility index (Phi) is 4.57. The molecule has 0 atom stereocenters. The molecule has 0 saturated carbocycles. The third kappa shape index (κ3) is 3.59. The van der Waals surface area contributed by atoms with Crippen molar-refractivity contribution in [3.8, 4) is 5.75 Å². The van der Waals surface area contributed by atoms with Crippen molar-refractivity contribution in [1.29, 1.82) is 0 Å². The van der Waals surface area contributed by atoms with Crippen LogP contribution in [-0.4, -0.2) is 25.0 Å². The van der Waals surface area contributed by atoms with Crippen molar-refractivity contribution in [1.82, 2.24) is 0 Å². The van der Waals surface area contributed by atoms with Crippen molar-refractivity contribution in [2.75, 3.05) is 23.3 Å². The van der Waals surface area contributed by atoms with Crippen LogP contribution in [0.4, 0.5) is 11.4 Å². The third-order valence-electron chi connectivity index (χ3n) is 3.73. The second-order valence-electron chi connectivity index (χ2n) is 5.83. The summed E-state index contributed by atoms with van der Waals surface area (Å²) in [6.07, 6.45) is 0. The van der Waals surface area contributed by atoms with Crippen LogP contribution < -0.4 is 15.0 Å². The van der Waals surface area contributed by atoms with E-state index >= 15 is 0 Å². The molecule has 0 radical (unpaired) electrons. The minimum Gasteiger partial charge on any atom is -0.423 e. The van der Waals surface area contributed by atoms with Gasteiger partial charge in [0, 0.05) is 4.47 Å². The number of aryl methyl sites for hydroxylation is 2. The molecule has 0 spiro atoms. The molecule has 24 heavy (non-hydrogen) atoms. The fourth-order valence-electron chi connectivity index (χ4n) is 2.58. The number of amides is 1. The number of rotatable bonds is 3. The zero-order valence-corrected chi connectivity index (χ0v) is 15.0. The number of benzene rings is 2. The predicted octanol–water partition coefficient (Wildman–Crippen LogP) is 3.43. The monoisotopic (exact) mass is 388 g/mol. The second kappa shape index (κ2) is 6.65. The first-order valence-electron chi connectivity index (χ1n) is 7.54. The number of nitrogens with one attached hydrogen (secondary N) is 1. The Morgan fingerprint density at radius 3 is 2.67 bits per heavy atom. The molecule has 2 aromatic carbocycles. The van der Waals surface area contributed by atoms with Gasteiger partial charge in [-0.25, -0.2) is 4.79 Å². The van der Waals surface area contributed by atoms with Gasteiger partial charge < -0.3 is 15.0 Å². The fourth-order valence-corrected chi connectivity index (χ4v) is 3.17. The molecule has 0 unspecified atom stereocenters. The molecule has 0 fully saturated rings. The number of anilines is 2. The lowest BCUT2D eigenvalue weighted by atomic mass is 10.1. The van der Waals surface area contributed by atoms with Gasteiger partial charge in [0.05, 0.1) is 17.9 Å². The summed E-state index contributed by atoms with van der Waals surface area (Å²) in [5.74, 6) is -0.0708. The lowest BCUT2D eigenvalue weighted by Crippen LogP contribution is -2.41. The van der Waals surface area contributed by atoms with E-state index in [2.05, 4.69) is 21.2 Å². The van der Waals surface area contributed by atoms with Crippen molar-refractivity contribution >= 4 is 39.2 Å². The summed E-state index contributed by atoms with van der Waals surface area (Å²) in [5.41, 5.74) is 3.60. The number of halogens is 1. The van der Waals surface area contributed by atoms with Crippen molar-refractivity contribution < 1.29 is 14.3 Å². The fraction of sp³-hybridized carbons (Fsp3) is 0.222. The standard InChI is InChI=1S/C18H17BrN2O3/c1-11-3-5-14(13(19)7-11)20-17(22)9-21-10-18(23)24-16-6-4-12(2)8-15(16)21/h3-8H,9-10H2,1-2H3,(H,20,22). The smallest absolute Gasteiger partial charge is 0.331 e. The van der Waals surface area contributed by atoms with Gasteiger partial charge in [0.25, 0.3) is 0 Å². The first-order valence-corrected chi connectivity index (χ1v) is 8.34. The Bertz CT molecular complexity index is 820. The number of carbonyl (C=O) groups is 2. The van der Waals surface area contributed by atoms with Crippen LogP contribution in [0.25, 0.3) is 0 Å². The van der Waals surface area contributed by atoms with Crippen LogP contribution in [0.5, 0.6) is 5.75 Å². The first kappa shape index (κ1) is 16.5. The maximum Gasteiger partial charge on any atom is 0.331 e. The van der Waals surface area contributed by atoms with Gasteiger partial charge in [-0.05, 0) is 65.2 Å². The topological polar surface area (TPSA) is 58.6 Å². The van der Waals surface area contributed by atoms with E-state index < -0.39 is 0 Å². The molecule has 3 rings (SSSR count). The van der Waals surface area contributed by atoms with Gasteiger partial charge in [-0.15, -0.1) is 0 Å². The van der Waals surface area contributed by atoms with Gasteiger partial charge >= 0.3 is 5.97 Å². The minimum absolute atomic E-state index is 0.0545. The molecule has 1 aliphatic heterocycles. The van der Waals surface area contributed by atoms with E-state index in [1.807, 2.05) is 44.2 Å². The lowest BCUT2D eigenvalue weighted by Gasteiger charge is -2.29. The van der Waals surface area contributed by atoms with E-state index in [1.54, 1.807) is 11.0 Å². The molecule has 1 N–H and O–H groups in total. The average molecular weight is 389 g/mol. The van der Waals surface area contributed by atoms with Gasteiger partial charge in [-0.2, -0.15) is 0 Å². The van der Waals surface area contributed by atoms with E-state index in [0.29, 0.717) is 11.4 Å². The highest BCUT2D eigenvalue weighted by molar-refractivity contribution is 9.10. The molecule has 5 nitrogen and oxygen atoms in total. The molecular formula is C18H17BrN2O3. The predicted molar refractivity (Wildman–Crippen MR) is 96.5 cm³/mol. The Morgan fingerprint density at radius 2 is 1.92 bits per heavy atom. The number of hydrogen-bond acceptors (Lipinski definition) is 4. The number of carbonyl (C=O) groups excluding carboxylic acids is 2. The van der Waals surface area contributed by atoms with Gasteiger partial charge in [0.2, 0.25) is 5.91 Å². The quantitative estimate of drug-likeness (QED) is 0.646. The summed E-state index contributed by atoms with van der Waals surface area (Å²) in [4.78, 5) is 25.9. The van der Waals surface area contributed by atoms with Crippen molar-refractivity contribution in [3.63, 3.8) is 0 Å². The molecule has 1 amide bonds. The van der Waals surface area contributed by atoms with Crippen molar-refractivity contribution in [3.05, 3.63) is 52.0 Å². The van der Waals surface area contributed by atoms with Crippen LogP contribution in [0.15, 0.2) is 40.9 Å². The van der Waals surface area contributed by atoms with Gasteiger partial charge in [0.15, 0.2) is 5.75 Å². The highest BCUT2D eigenvalue weighted by Crippen LogP contribution is 2.32. The van der Waals surface area contributed by atoms with Crippen molar-refractivity contribution in [2.45, 2.75) is 13.8 Å². The van der Waals surface area contributed by atoms with Gasteiger partial charge in [-0.1, -0.05) is 12.1 Å². The molecule has 0 aromatic heterocycles. The second-order valence-corrected chi connectivity index (χ2v) is 6.69. The normalized spacial score (nSPS) is 13.3. The molecule has 1 aliphatic rings. The summed E-state index contributed by atoms with van der Waals surface area (Å²) in [6.45, 7) is 4.07. The van der Waals surface area contributed by atoms with Gasteiger partial charge in [0.1, 0.15) is 6.54 Å². The summed E-state index contributed by atoms with van der Waals surface area (Å²) in [6, 6.07) is 11.3. The summed E-state index contributed by atoms with van der Waals surface area (Å²) in [7, 11) is 0. The van der Waals surface area contributed by atoms with E-state index in [-0.39, 0.29) is 25.0 Å². The Balaban J connectivity index is 1.77. The molecule has 2 aromatic rings. The van der Waals surface area contributed by atoms with Crippen LogP contribution in [-0.2, 0) is 9.59 Å². The summed E-state index contributed by atoms with van der Waals surface area (Å²) in [5, 5.41) is 2.87. The molecule has 1 heterocycles. The van der Waals surface area contributed by atoms with E-state index in [1.165, 1.54) is 0 Å². The number of fused-ring (bicyclic) bond motifs is 1. The minimum atomic E-state index is -0.365. The van der Waals surface area contributed by atoms with E-state index in [0.717, 1.165) is 21.3 Å². The van der Waals surface area contributed by atoms with Gasteiger partial charge in [-0.3, -0.25) is 4.79 Å². The zero-order valence-electron chi connectivity index (χ0n) is 13.4. The molecule has 6 heteroatoms. The Morgan fingerprint density at radius 1 is 1.21 bits per heavy atom. The SMILES string of the molecule is Cc1ccc(NC(=O)CN2CC(=O)Oc3ccc(C)cc32)c(Br)c1. The molecule has 124 valence electrons.